The molecule has 7 heteroatoms. The number of ether oxygens (including phenoxy) is 1. The number of phenolic OH excluding ortho intramolecular Hbond substituents is 1. The van der Waals surface area contributed by atoms with Crippen LogP contribution in [0.3, 0.4) is 0 Å². The molecular formula is C16H25N5O2. The van der Waals surface area contributed by atoms with E-state index in [2.05, 4.69) is 15.3 Å². The van der Waals surface area contributed by atoms with Gasteiger partial charge < -0.3 is 19.6 Å². The number of nitrogens with one attached hydrogen (secondary N) is 1. The van der Waals surface area contributed by atoms with Crippen LogP contribution in [0, 0.1) is 0 Å². The van der Waals surface area contributed by atoms with E-state index in [4.69, 9.17) is 4.74 Å². The summed E-state index contributed by atoms with van der Waals surface area (Å²) in [5, 5.41) is 13.4. The number of likely N-dealkylation sites (N-methyl/N-ethyl adjacent to an activating group) is 1. The fourth-order valence-electron chi connectivity index (χ4n) is 2.30. The number of aromatic hydroxyl groups is 1. The second kappa shape index (κ2) is 7.21. The van der Waals surface area contributed by atoms with Gasteiger partial charge in [0.1, 0.15) is 6.17 Å². The summed E-state index contributed by atoms with van der Waals surface area (Å²) in [6.45, 7) is 2.66. The number of aliphatic imine (C=N–C) groups is 2. The number of benzene rings is 1. The molecule has 1 unspecified atom stereocenters. The van der Waals surface area contributed by atoms with E-state index in [9.17, 15) is 5.11 Å². The molecule has 0 bridgehead atoms. The molecule has 0 amide bonds. The molecule has 2 rings (SSSR count). The zero-order valence-electron chi connectivity index (χ0n) is 14.4. The molecule has 23 heavy (non-hydrogen) atoms. The summed E-state index contributed by atoms with van der Waals surface area (Å²) in [6.07, 6.45) is 0.569. The number of nitrogens with zero attached hydrogens (tertiary/aromatic N) is 4. The molecule has 1 aliphatic heterocycles. The van der Waals surface area contributed by atoms with Gasteiger partial charge in [-0.15, -0.1) is 0 Å². The minimum Gasteiger partial charge on any atom is -0.504 e. The van der Waals surface area contributed by atoms with Crippen molar-refractivity contribution in [3.05, 3.63) is 23.8 Å². The molecule has 1 aliphatic rings. The predicted molar refractivity (Wildman–Crippen MR) is 92.1 cm³/mol. The standard InChI is InChI=1S/C16H25N5O2/c1-11-17-15(20(2)3)19-16(18-11)21(4)10-9-12-7-6-8-13(23-5)14(12)22/h6-8,11,22H,9-10H2,1-5H3,(H,17,18,19). The van der Waals surface area contributed by atoms with Crippen LogP contribution >= 0.6 is 0 Å². The summed E-state index contributed by atoms with van der Waals surface area (Å²) < 4.78 is 5.14. The van der Waals surface area contributed by atoms with Crippen molar-refractivity contribution < 1.29 is 9.84 Å². The van der Waals surface area contributed by atoms with Gasteiger partial charge in [-0.1, -0.05) is 12.1 Å². The Bertz CT molecular complexity index is 612. The van der Waals surface area contributed by atoms with Gasteiger partial charge in [-0.2, -0.15) is 0 Å². The first-order chi connectivity index (χ1) is 10.9. The molecule has 1 aromatic carbocycles. The Kier molecular flexibility index (Phi) is 5.31. The topological polar surface area (TPSA) is 72.7 Å². The molecular weight excluding hydrogens is 294 g/mol. The van der Waals surface area contributed by atoms with E-state index < -0.39 is 0 Å². The SMILES string of the molecule is COc1cccc(CCN(C)C2=NC(C)N=C(N(C)C)N2)c1O. The molecule has 2 N–H and O–H groups in total. The van der Waals surface area contributed by atoms with Crippen LogP contribution in [0.5, 0.6) is 11.5 Å². The van der Waals surface area contributed by atoms with Crippen molar-refractivity contribution in [2.75, 3.05) is 34.8 Å². The van der Waals surface area contributed by atoms with E-state index >= 15 is 0 Å². The molecule has 0 saturated carbocycles. The molecule has 0 radical (unpaired) electrons. The van der Waals surface area contributed by atoms with Gasteiger partial charge in [-0.3, -0.25) is 5.32 Å². The van der Waals surface area contributed by atoms with Gasteiger partial charge in [0.05, 0.1) is 7.11 Å². The molecule has 1 atom stereocenters. The number of para-hydroxylation sites is 1. The van der Waals surface area contributed by atoms with Gasteiger partial charge in [0.15, 0.2) is 11.5 Å². The summed E-state index contributed by atoms with van der Waals surface area (Å²) in [4.78, 5) is 12.9. The van der Waals surface area contributed by atoms with Crippen molar-refractivity contribution in [1.29, 1.82) is 0 Å². The molecule has 126 valence electrons. The van der Waals surface area contributed by atoms with Gasteiger partial charge >= 0.3 is 0 Å². The molecule has 7 nitrogen and oxygen atoms in total. The Hall–Kier alpha value is -2.44. The average molecular weight is 319 g/mol. The van der Waals surface area contributed by atoms with Crippen molar-refractivity contribution in [3.63, 3.8) is 0 Å². The molecule has 0 saturated heterocycles. The summed E-state index contributed by atoms with van der Waals surface area (Å²) in [6, 6.07) is 5.52. The summed E-state index contributed by atoms with van der Waals surface area (Å²) in [7, 11) is 7.40. The van der Waals surface area contributed by atoms with Gasteiger partial charge in [0.2, 0.25) is 11.9 Å². The molecule has 0 spiro atoms. The van der Waals surface area contributed by atoms with Crippen LogP contribution in [-0.4, -0.2) is 67.8 Å². The maximum atomic E-state index is 10.2. The molecule has 0 aliphatic carbocycles. The first kappa shape index (κ1) is 16.9. The highest BCUT2D eigenvalue weighted by Gasteiger charge is 2.18. The first-order valence-corrected chi connectivity index (χ1v) is 7.58. The van der Waals surface area contributed by atoms with Crippen LogP contribution in [0.15, 0.2) is 28.2 Å². The monoisotopic (exact) mass is 319 g/mol. The van der Waals surface area contributed by atoms with E-state index in [0.29, 0.717) is 18.7 Å². The van der Waals surface area contributed by atoms with E-state index in [1.54, 1.807) is 13.2 Å². The number of hydrogen-bond donors (Lipinski definition) is 2. The Morgan fingerprint density at radius 2 is 1.91 bits per heavy atom. The Morgan fingerprint density at radius 3 is 2.57 bits per heavy atom. The van der Waals surface area contributed by atoms with Crippen molar-refractivity contribution in [1.82, 2.24) is 15.1 Å². The summed E-state index contributed by atoms with van der Waals surface area (Å²) in [5.74, 6) is 2.26. The number of phenols is 1. The summed E-state index contributed by atoms with van der Waals surface area (Å²) in [5.41, 5.74) is 0.849. The van der Waals surface area contributed by atoms with E-state index in [-0.39, 0.29) is 11.9 Å². The maximum Gasteiger partial charge on any atom is 0.202 e. The minimum atomic E-state index is -0.115. The highest BCUT2D eigenvalue weighted by molar-refractivity contribution is 5.99. The number of methoxy groups -OCH3 is 1. The highest BCUT2D eigenvalue weighted by Crippen LogP contribution is 2.29. The van der Waals surface area contributed by atoms with Crippen LogP contribution in [0.1, 0.15) is 12.5 Å². The lowest BCUT2D eigenvalue weighted by molar-refractivity contribution is 0.369. The smallest absolute Gasteiger partial charge is 0.202 e. The van der Waals surface area contributed by atoms with Crippen molar-refractivity contribution in [2.45, 2.75) is 19.5 Å². The lowest BCUT2D eigenvalue weighted by Crippen LogP contribution is -2.50. The van der Waals surface area contributed by atoms with Crippen LogP contribution in [0.4, 0.5) is 0 Å². The normalized spacial score (nSPS) is 17.0. The third-order valence-electron chi connectivity index (χ3n) is 3.65. The number of hydrogen-bond acceptors (Lipinski definition) is 7. The predicted octanol–water partition coefficient (Wildman–Crippen LogP) is 1.10. The summed E-state index contributed by atoms with van der Waals surface area (Å²) >= 11 is 0. The third-order valence-corrected chi connectivity index (χ3v) is 3.65. The average Bonchev–Trinajstić information content (AvgIpc) is 2.53. The maximum absolute atomic E-state index is 10.2. The second-order valence-corrected chi connectivity index (χ2v) is 5.70. The van der Waals surface area contributed by atoms with E-state index in [1.807, 2.05) is 50.0 Å². The first-order valence-electron chi connectivity index (χ1n) is 7.58. The quantitative estimate of drug-likeness (QED) is 0.869. The van der Waals surface area contributed by atoms with Crippen molar-refractivity contribution in [2.24, 2.45) is 9.98 Å². The Morgan fingerprint density at radius 1 is 1.22 bits per heavy atom. The van der Waals surface area contributed by atoms with Crippen LogP contribution in [0.2, 0.25) is 0 Å². The largest absolute Gasteiger partial charge is 0.504 e. The van der Waals surface area contributed by atoms with Gasteiger partial charge in [0.25, 0.3) is 0 Å². The van der Waals surface area contributed by atoms with E-state index in [0.717, 1.165) is 17.5 Å². The van der Waals surface area contributed by atoms with Gasteiger partial charge in [-0.05, 0) is 25.0 Å². The molecule has 1 aromatic rings. The van der Waals surface area contributed by atoms with Crippen LogP contribution in [0.25, 0.3) is 0 Å². The third kappa shape index (κ3) is 4.06. The van der Waals surface area contributed by atoms with E-state index in [1.165, 1.54) is 0 Å². The zero-order chi connectivity index (χ0) is 17.0. The lowest BCUT2D eigenvalue weighted by Gasteiger charge is -2.29. The molecule has 0 aromatic heterocycles. The number of guanidine groups is 2. The Balaban J connectivity index is 2.02. The minimum absolute atomic E-state index is 0.115. The van der Waals surface area contributed by atoms with Gasteiger partial charge in [-0.25, -0.2) is 9.98 Å². The van der Waals surface area contributed by atoms with Crippen molar-refractivity contribution >= 4 is 11.9 Å². The van der Waals surface area contributed by atoms with Gasteiger partial charge in [0, 0.05) is 27.7 Å². The fraction of sp³-hybridized carbons (Fsp3) is 0.500. The second-order valence-electron chi connectivity index (χ2n) is 5.70. The Labute approximate surface area is 137 Å². The van der Waals surface area contributed by atoms with Crippen molar-refractivity contribution in [3.8, 4) is 11.5 Å². The zero-order valence-corrected chi connectivity index (χ0v) is 14.4. The van der Waals surface area contributed by atoms with Crippen LogP contribution < -0.4 is 10.1 Å². The molecule has 0 fully saturated rings. The van der Waals surface area contributed by atoms with Crippen LogP contribution in [-0.2, 0) is 6.42 Å². The molecule has 1 heterocycles. The number of rotatable bonds is 4. The lowest BCUT2D eigenvalue weighted by atomic mass is 10.1. The fourth-order valence-corrected chi connectivity index (χ4v) is 2.30. The highest BCUT2D eigenvalue weighted by atomic mass is 16.5.